The van der Waals surface area contributed by atoms with Gasteiger partial charge in [0.1, 0.15) is 17.3 Å². The van der Waals surface area contributed by atoms with Crippen LogP contribution in [0.15, 0.2) is 66.2 Å². The highest BCUT2D eigenvalue weighted by atomic mass is 32.1. The quantitative estimate of drug-likeness (QED) is 0.175. The number of aliphatic hydroxyl groups excluding tert-OH is 1. The number of aryl methyl sites for hydroxylation is 1. The molecule has 7 nitrogen and oxygen atoms in total. The van der Waals surface area contributed by atoms with Crippen LogP contribution in [0, 0.1) is 6.92 Å². The van der Waals surface area contributed by atoms with Crippen molar-refractivity contribution in [1.82, 2.24) is 4.98 Å². The Balaban J connectivity index is 1.74. The van der Waals surface area contributed by atoms with Crippen LogP contribution in [-0.4, -0.2) is 36.0 Å². The van der Waals surface area contributed by atoms with Crippen molar-refractivity contribution < 1.29 is 24.2 Å². The maximum atomic E-state index is 13.6. The van der Waals surface area contributed by atoms with Gasteiger partial charge in [0.15, 0.2) is 5.13 Å². The molecule has 5 rings (SSSR count). The Bertz CT molecular complexity index is 1650. The normalized spacial score (nSPS) is 17.2. The molecular weight excluding hydrogens is 512 g/mol. The molecule has 0 spiro atoms. The lowest BCUT2D eigenvalue weighted by molar-refractivity contribution is -0.132. The van der Waals surface area contributed by atoms with Gasteiger partial charge in [0.2, 0.25) is 0 Å². The zero-order chi connectivity index (χ0) is 28.1. The number of hydrogen-bond acceptors (Lipinski definition) is 7. The van der Waals surface area contributed by atoms with E-state index in [0.29, 0.717) is 27.8 Å². The molecule has 2 heterocycles. The molecule has 1 unspecified atom stereocenters. The maximum absolute atomic E-state index is 13.6. The Labute approximate surface area is 231 Å². The number of aromatic nitrogens is 1. The van der Waals surface area contributed by atoms with Crippen LogP contribution in [0.4, 0.5) is 5.13 Å². The Morgan fingerprint density at radius 1 is 1.00 bits per heavy atom. The topological polar surface area (TPSA) is 89.0 Å². The number of anilines is 1. The number of ketones is 1. The van der Waals surface area contributed by atoms with E-state index in [9.17, 15) is 14.7 Å². The highest BCUT2D eigenvalue weighted by Crippen LogP contribution is 2.45. The van der Waals surface area contributed by atoms with Gasteiger partial charge in [-0.3, -0.25) is 14.5 Å². The van der Waals surface area contributed by atoms with E-state index in [0.717, 1.165) is 21.3 Å². The van der Waals surface area contributed by atoms with E-state index >= 15 is 0 Å². The number of amides is 1. The van der Waals surface area contributed by atoms with Crippen LogP contribution in [0.2, 0.25) is 0 Å². The van der Waals surface area contributed by atoms with Crippen LogP contribution in [0.3, 0.4) is 0 Å². The van der Waals surface area contributed by atoms with Crippen molar-refractivity contribution in [1.29, 1.82) is 0 Å². The third-order valence-corrected chi connectivity index (χ3v) is 7.89. The maximum Gasteiger partial charge on any atom is 0.301 e. The van der Waals surface area contributed by atoms with Gasteiger partial charge in [-0.25, -0.2) is 4.98 Å². The van der Waals surface area contributed by atoms with E-state index in [1.165, 1.54) is 16.2 Å². The van der Waals surface area contributed by atoms with Gasteiger partial charge in [0, 0.05) is 11.1 Å². The molecular formula is C31H30N2O5S. The van der Waals surface area contributed by atoms with Crippen LogP contribution in [0.5, 0.6) is 11.5 Å². The van der Waals surface area contributed by atoms with E-state index in [-0.39, 0.29) is 16.7 Å². The van der Waals surface area contributed by atoms with Gasteiger partial charge in [-0.2, -0.15) is 0 Å². The van der Waals surface area contributed by atoms with Crippen molar-refractivity contribution in [2.45, 2.75) is 39.2 Å². The molecule has 1 aromatic heterocycles. The highest BCUT2D eigenvalue weighted by Gasteiger charge is 2.48. The molecule has 200 valence electrons. The number of methoxy groups -OCH3 is 2. The number of thiazole rings is 1. The summed E-state index contributed by atoms with van der Waals surface area (Å²) >= 11 is 1.33. The molecule has 3 aromatic carbocycles. The summed E-state index contributed by atoms with van der Waals surface area (Å²) in [6.07, 6.45) is 0. The predicted molar refractivity (Wildman–Crippen MR) is 154 cm³/mol. The molecule has 1 aliphatic heterocycles. The van der Waals surface area contributed by atoms with Crippen LogP contribution in [-0.2, 0) is 15.0 Å². The van der Waals surface area contributed by atoms with Gasteiger partial charge < -0.3 is 14.6 Å². The molecule has 1 N–H and O–H groups in total. The average Bonchev–Trinajstić information content (AvgIpc) is 3.44. The van der Waals surface area contributed by atoms with Gasteiger partial charge in [0.05, 0.1) is 36.1 Å². The summed E-state index contributed by atoms with van der Waals surface area (Å²) in [6, 6.07) is 17.4. The summed E-state index contributed by atoms with van der Waals surface area (Å²) < 4.78 is 11.9. The minimum atomic E-state index is -0.901. The van der Waals surface area contributed by atoms with Crippen molar-refractivity contribution in [3.8, 4) is 11.5 Å². The molecule has 1 fully saturated rings. The molecule has 0 aliphatic carbocycles. The molecule has 1 aliphatic rings. The lowest BCUT2D eigenvalue weighted by atomic mass is 9.84. The zero-order valence-corrected chi connectivity index (χ0v) is 23.6. The molecule has 0 radical (unpaired) electrons. The van der Waals surface area contributed by atoms with E-state index in [2.05, 4.69) is 0 Å². The Morgan fingerprint density at radius 3 is 2.46 bits per heavy atom. The molecule has 0 saturated carbocycles. The standard InChI is InChI=1S/C31H30N2O5S/c1-17-10-12-22-24(14-17)39-30(32-22)33-26(18-8-7-9-20(15-18)37-5)25(28(35)29(33)36)27(34)19-11-13-23(38-6)21(16-19)31(2,3)4/h7-16,26,34H,1-6H3/b27-25+. The van der Waals surface area contributed by atoms with Crippen molar-refractivity contribution >= 4 is 44.1 Å². The smallest absolute Gasteiger partial charge is 0.301 e. The number of carbonyl (C=O) groups excluding carboxylic acids is 2. The first-order valence-corrected chi connectivity index (χ1v) is 13.4. The van der Waals surface area contributed by atoms with Crippen LogP contribution >= 0.6 is 11.3 Å². The summed E-state index contributed by atoms with van der Waals surface area (Å²) in [5.74, 6) is -0.534. The van der Waals surface area contributed by atoms with Crippen molar-refractivity contribution in [2.24, 2.45) is 0 Å². The largest absolute Gasteiger partial charge is 0.507 e. The number of hydrogen-bond donors (Lipinski definition) is 1. The van der Waals surface area contributed by atoms with Crippen LogP contribution in [0.25, 0.3) is 16.0 Å². The SMILES string of the molecule is COc1cccc(C2/C(=C(\O)c3ccc(OC)c(C(C)(C)C)c3)C(=O)C(=O)N2c2nc3ccc(C)cc3s2)c1. The van der Waals surface area contributed by atoms with Crippen molar-refractivity contribution in [3.05, 3.63) is 88.5 Å². The first-order chi connectivity index (χ1) is 18.5. The van der Waals surface area contributed by atoms with Crippen LogP contribution in [0.1, 0.15) is 49.1 Å². The summed E-state index contributed by atoms with van der Waals surface area (Å²) in [7, 11) is 3.15. The second kappa shape index (κ2) is 9.85. The predicted octanol–water partition coefficient (Wildman–Crippen LogP) is 6.55. The third kappa shape index (κ3) is 4.65. The minimum absolute atomic E-state index is 0.00582. The Morgan fingerprint density at radius 2 is 1.77 bits per heavy atom. The van der Waals surface area contributed by atoms with E-state index in [4.69, 9.17) is 14.5 Å². The van der Waals surface area contributed by atoms with Gasteiger partial charge >= 0.3 is 5.91 Å². The monoisotopic (exact) mass is 542 g/mol. The Kier molecular flexibility index (Phi) is 6.68. The van der Waals surface area contributed by atoms with Gasteiger partial charge in [-0.1, -0.05) is 50.3 Å². The number of nitrogens with zero attached hydrogens (tertiary/aromatic N) is 2. The van der Waals surface area contributed by atoms with E-state index in [1.807, 2.05) is 58.0 Å². The summed E-state index contributed by atoms with van der Waals surface area (Å²) in [4.78, 5) is 33.3. The first-order valence-electron chi connectivity index (χ1n) is 12.5. The highest BCUT2D eigenvalue weighted by molar-refractivity contribution is 7.22. The number of rotatable bonds is 5. The fourth-order valence-corrected chi connectivity index (χ4v) is 5.97. The zero-order valence-electron chi connectivity index (χ0n) is 22.7. The fraction of sp³-hybridized carbons (Fsp3) is 0.258. The number of aliphatic hydroxyl groups is 1. The second-order valence-electron chi connectivity index (χ2n) is 10.6. The van der Waals surface area contributed by atoms with Gasteiger partial charge in [-0.05, 0) is 65.9 Å². The number of ether oxygens (including phenoxy) is 2. The molecule has 0 bridgehead atoms. The third-order valence-electron chi connectivity index (χ3n) is 6.87. The number of Topliss-reactive ketones (excluding diaryl/α,β-unsaturated/α-hetero) is 1. The summed E-state index contributed by atoms with van der Waals surface area (Å²) in [6.45, 7) is 8.11. The Hall–Kier alpha value is -4.17. The van der Waals surface area contributed by atoms with Gasteiger partial charge in [0.25, 0.3) is 5.78 Å². The first kappa shape index (κ1) is 26.4. The molecule has 4 aromatic rings. The lowest BCUT2D eigenvalue weighted by Gasteiger charge is -2.24. The number of fused-ring (bicyclic) bond motifs is 1. The van der Waals surface area contributed by atoms with E-state index in [1.54, 1.807) is 44.6 Å². The minimum Gasteiger partial charge on any atom is -0.507 e. The average molecular weight is 543 g/mol. The fourth-order valence-electron chi connectivity index (χ4n) is 4.88. The second-order valence-corrected chi connectivity index (χ2v) is 11.6. The van der Waals surface area contributed by atoms with Crippen molar-refractivity contribution in [2.75, 3.05) is 19.1 Å². The summed E-state index contributed by atoms with van der Waals surface area (Å²) in [5.41, 5.74) is 3.41. The van der Waals surface area contributed by atoms with E-state index < -0.39 is 17.7 Å². The number of benzene rings is 3. The summed E-state index contributed by atoms with van der Waals surface area (Å²) in [5, 5.41) is 12.0. The van der Waals surface area contributed by atoms with Gasteiger partial charge in [-0.15, -0.1) is 0 Å². The van der Waals surface area contributed by atoms with Crippen molar-refractivity contribution in [3.63, 3.8) is 0 Å². The molecule has 8 heteroatoms. The van der Waals surface area contributed by atoms with Crippen LogP contribution < -0.4 is 14.4 Å². The number of carbonyl (C=O) groups is 2. The molecule has 1 amide bonds. The lowest BCUT2D eigenvalue weighted by Crippen LogP contribution is -2.29. The molecule has 1 saturated heterocycles. The molecule has 39 heavy (non-hydrogen) atoms. The molecule has 1 atom stereocenters.